The average Bonchev–Trinajstić information content (AvgIpc) is 2.95. The van der Waals surface area contributed by atoms with Crippen LogP contribution in [0.5, 0.6) is 0 Å². The van der Waals surface area contributed by atoms with Crippen molar-refractivity contribution in [3.63, 3.8) is 0 Å². The summed E-state index contributed by atoms with van der Waals surface area (Å²) in [4.78, 5) is 12.4. The zero-order valence-electron chi connectivity index (χ0n) is 17.4. The van der Waals surface area contributed by atoms with Crippen LogP contribution in [-0.2, 0) is 14.8 Å². The van der Waals surface area contributed by atoms with Crippen molar-refractivity contribution < 1.29 is 13.2 Å². The molecule has 0 radical (unpaired) electrons. The smallest absolute Gasteiger partial charge is 0.241 e. The standard InChI is InChI=1S/C21H31N3O3S/c1-14-6-7-17(12-15(14)2)28(26,27)22-11-9-19(25)24-23-18-13-16-8-10-21(18,5)20(16,3)4/h6-7,12,16,22H,8-11,13H2,1-5H3,(H,24,25)/b23-18-/t16-,21+/m1/s1. The molecule has 2 atom stereocenters. The molecule has 0 unspecified atom stereocenters. The minimum Gasteiger partial charge on any atom is -0.273 e. The van der Waals surface area contributed by atoms with Crippen LogP contribution in [0.3, 0.4) is 0 Å². The minimum absolute atomic E-state index is 0.0375. The van der Waals surface area contributed by atoms with E-state index in [4.69, 9.17) is 0 Å². The molecule has 2 bridgehead atoms. The van der Waals surface area contributed by atoms with Gasteiger partial charge in [0.15, 0.2) is 0 Å². The fourth-order valence-electron chi connectivity index (χ4n) is 4.55. The lowest BCUT2D eigenvalue weighted by Gasteiger charge is -2.34. The molecule has 0 heterocycles. The minimum atomic E-state index is -3.62. The van der Waals surface area contributed by atoms with E-state index >= 15 is 0 Å². The number of hydrogen-bond donors (Lipinski definition) is 2. The molecule has 2 aliphatic rings. The van der Waals surface area contributed by atoms with Gasteiger partial charge in [0.2, 0.25) is 15.9 Å². The Balaban J connectivity index is 1.53. The third-order valence-corrected chi connectivity index (χ3v) is 8.72. The van der Waals surface area contributed by atoms with Crippen LogP contribution >= 0.6 is 0 Å². The molecule has 3 rings (SSSR count). The number of nitrogens with zero attached hydrogens (tertiary/aromatic N) is 1. The summed E-state index contributed by atoms with van der Waals surface area (Å²) in [6, 6.07) is 5.00. The average molecular weight is 406 g/mol. The van der Waals surface area contributed by atoms with Crippen molar-refractivity contribution in [1.82, 2.24) is 10.1 Å². The number of benzene rings is 1. The number of carbonyl (C=O) groups excluding carboxylic acids is 1. The number of carbonyl (C=O) groups is 1. The number of sulfonamides is 1. The van der Waals surface area contributed by atoms with Crippen molar-refractivity contribution in [2.45, 2.75) is 65.2 Å². The van der Waals surface area contributed by atoms with Gasteiger partial charge in [-0.3, -0.25) is 4.79 Å². The number of rotatable bonds is 6. The molecule has 154 valence electrons. The molecule has 2 N–H and O–H groups in total. The lowest BCUT2D eigenvalue weighted by atomic mass is 9.70. The predicted octanol–water partition coefficient (Wildman–Crippen LogP) is 3.29. The molecule has 1 aromatic carbocycles. The van der Waals surface area contributed by atoms with Gasteiger partial charge < -0.3 is 0 Å². The van der Waals surface area contributed by atoms with Crippen LogP contribution in [0.4, 0.5) is 0 Å². The van der Waals surface area contributed by atoms with Gasteiger partial charge in [-0.1, -0.05) is 26.8 Å². The van der Waals surface area contributed by atoms with Crippen molar-refractivity contribution >= 4 is 21.6 Å². The largest absolute Gasteiger partial charge is 0.273 e. The Morgan fingerprint density at radius 1 is 1.21 bits per heavy atom. The molecule has 2 fully saturated rings. The highest BCUT2D eigenvalue weighted by Crippen LogP contribution is 2.63. The van der Waals surface area contributed by atoms with Crippen molar-refractivity contribution in [1.29, 1.82) is 0 Å². The fraction of sp³-hybridized carbons (Fsp3) is 0.619. The van der Waals surface area contributed by atoms with E-state index in [1.165, 1.54) is 6.42 Å². The van der Waals surface area contributed by atoms with Gasteiger partial charge in [0.25, 0.3) is 0 Å². The summed E-state index contributed by atoms with van der Waals surface area (Å²) in [6.07, 6.45) is 3.31. The van der Waals surface area contributed by atoms with Crippen LogP contribution in [0.1, 0.15) is 57.6 Å². The molecule has 0 aromatic heterocycles. The highest BCUT2D eigenvalue weighted by Gasteiger charge is 2.60. The second kappa shape index (κ2) is 7.26. The Morgan fingerprint density at radius 3 is 2.50 bits per heavy atom. The van der Waals surface area contributed by atoms with Crippen LogP contribution in [-0.4, -0.2) is 26.6 Å². The van der Waals surface area contributed by atoms with Crippen molar-refractivity contribution in [2.24, 2.45) is 21.8 Å². The van der Waals surface area contributed by atoms with Crippen LogP contribution < -0.4 is 10.1 Å². The summed E-state index contributed by atoms with van der Waals surface area (Å²) >= 11 is 0. The van der Waals surface area contributed by atoms with Gasteiger partial charge in [-0.2, -0.15) is 5.10 Å². The Kier molecular flexibility index (Phi) is 5.44. The van der Waals surface area contributed by atoms with Gasteiger partial charge in [-0.25, -0.2) is 18.6 Å². The second-order valence-corrected chi connectivity index (χ2v) is 10.7. The maximum atomic E-state index is 12.4. The Labute approximate surface area is 168 Å². The first-order valence-corrected chi connectivity index (χ1v) is 11.4. The Bertz CT molecular complexity index is 921. The van der Waals surface area contributed by atoms with E-state index in [0.717, 1.165) is 29.7 Å². The summed E-state index contributed by atoms with van der Waals surface area (Å²) in [6.45, 7) is 10.7. The number of aryl methyl sites for hydroxylation is 2. The van der Waals surface area contributed by atoms with Crippen LogP contribution in [0, 0.1) is 30.6 Å². The van der Waals surface area contributed by atoms with E-state index in [1.54, 1.807) is 18.2 Å². The monoisotopic (exact) mass is 405 g/mol. The van der Waals surface area contributed by atoms with E-state index in [0.29, 0.717) is 5.92 Å². The third-order valence-electron chi connectivity index (χ3n) is 7.26. The highest BCUT2D eigenvalue weighted by molar-refractivity contribution is 7.89. The molecule has 6 nitrogen and oxygen atoms in total. The topological polar surface area (TPSA) is 87.6 Å². The molecule has 7 heteroatoms. The molecule has 1 aromatic rings. The van der Waals surface area contributed by atoms with Gasteiger partial charge in [0.05, 0.1) is 4.90 Å². The maximum absolute atomic E-state index is 12.4. The fourth-order valence-corrected chi connectivity index (χ4v) is 5.66. The quantitative estimate of drug-likeness (QED) is 0.712. The van der Waals surface area contributed by atoms with Crippen LogP contribution in [0.2, 0.25) is 0 Å². The van der Waals surface area contributed by atoms with Gasteiger partial charge in [-0.05, 0) is 67.7 Å². The van der Waals surface area contributed by atoms with Gasteiger partial charge in [-0.15, -0.1) is 0 Å². The molecule has 0 saturated heterocycles. The first-order chi connectivity index (χ1) is 13.0. The van der Waals surface area contributed by atoms with Crippen molar-refractivity contribution in [3.8, 4) is 0 Å². The SMILES string of the molecule is Cc1ccc(S(=O)(=O)NCCC(=O)N/N=C2/C[C@H]3CC[C@]2(C)C3(C)C)cc1C. The zero-order chi connectivity index (χ0) is 20.7. The Hall–Kier alpha value is -1.73. The lowest BCUT2D eigenvalue weighted by Crippen LogP contribution is -2.34. The zero-order valence-corrected chi connectivity index (χ0v) is 18.2. The van der Waals surface area contributed by atoms with Gasteiger partial charge in [0.1, 0.15) is 0 Å². The molecular weight excluding hydrogens is 374 g/mol. The summed E-state index contributed by atoms with van der Waals surface area (Å²) in [5, 5.41) is 4.41. The molecular formula is C21H31N3O3S. The molecule has 1 amide bonds. The van der Waals surface area contributed by atoms with E-state index in [1.807, 2.05) is 13.8 Å². The molecule has 2 aliphatic carbocycles. The van der Waals surface area contributed by atoms with E-state index in [-0.39, 0.29) is 34.6 Å². The number of hydrazone groups is 1. The number of hydrogen-bond acceptors (Lipinski definition) is 4. The summed E-state index contributed by atoms with van der Waals surface area (Å²) in [5.74, 6) is 0.345. The first kappa shape index (κ1) is 21.0. The highest BCUT2D eigenvalue weighted by atomic mass is 32.2. The van der Waals surface area contributed by atoms with E-state index in [9.17, 15) is 13.2 Å². The summed E-state index contributed by atoms with van der Waals surface area (Å²) < 4.78 is 27.2. The maximum Gasteiger partial charge on any atom is 0.241 e. The molecule has 0 spiro atoms. The normalized spacial score (nSPS) is 27.3. The second-order valence-electron chi connectivity index (χ2n) is 8.98. The van der Waals surface area contributed by atoms with Crippen LogP contribution in [0.25, 0.3) is 0 Å². The third kappa shape index (κ3) is 3.62. The Morgan fingerprint density at radius 2 is 1.93 bits per heavy atom. The summed E-state index contributed by atoms with van der Waals surface area (Å²) in [7, 11) is -3.62. The van der Waals surface area contributed by atoms with Gasteiger partial charge in [0, 0.05) is 24.1 Å². The first-order valence-electron chi connectivity index (χ1n) is 9.90. The predicted molar refractivity (Wildman–Crippen MR) is 111 cm³/mol. The molecule has 0 aliphatic heterocycles. The van der Waals surface area contributed by atoms with E-state index < -0.39 is 10.0 Å². The number of nitrogens with one attached hydrogen (secondary N) is 2. The molecule has 2 saturated carbocycles. The molecule has 28 heavy (non-hydrogen) atoms. The number of amides is 1. The van der Waals surface area contributed by atoms with Crippen LogP contribution in [0.15, 0.2) is 28.2 Å². The summed E-state index contributed by atoms with van der Waals surface area (Å²) in [5.41, 5.74) is 5.89. The number of fused-ring (bicyclic) bond motifs is 2. The van der Waals surface area contributed by atoms with E-state index in [2.05, 4.69) is 36.0 Å². The lowest BCUT2D eigenvalue weighted by molar-refractivity contribution is -0.120. The van der Waals surface area contributed by atoms with Crippen molar-refractivity contribution in [3.05, 3.63) is 29.3 Å². The van der Waals surface area contributed by atoms with Crippen molar-refractivity contribution in [2.75, 3.05) is 6.54 Å². The van der Waals surface area contributed by atoms with Gasteiger partial charge >= 0.3 is 0 Å².